The monoisotopic (exact) mass is 413 g/mol. The van der Waals surface area contributed by atoms with Gasteiger partial charge >= 0.3 is 0 Å². The highest BCUT2D eigenvalue weighted by Gasteiger charge is 2.20. The summed E-state index contributed by atoms with van der Waals surface area (Å²) in [7, 11) is -3.81. The highest BCUT2D eigenvalue weighted by molar-refractivity contribution is 7.90. The van der Waals surface area contributed by atoms with Crippen molar-refractivity contribution in [1.29, 1.82) is 0 Å². The van der Waals surface area contributed by atoms with E-state index in [9.17, 15) is 8.42 Å². The average molecular weight is 414 g/mol. The van der Waals surface area contributed by atoms with Gasteiger partial charge in [0.1, 0.15) is 6.33 Å². The van der Waals surface area contributed by atoms with Crippen LogP contribution in [0, 0.1) is 12.8 Å². The molecule has 0 radical (unpaired) electrons. The number of hydrogen-bond donors (Lipinski definition) is 2. The fourth-order valence-corrected chi connectivity index (χ4v) is 4.54. The highest BCUT2D eigenvalue weighted by Crippen LogP contribution is 2.28. The molecule has 0 amide bonds. The summed E-state index contributed by atoms with van der Waals surface area (Å²) in [4.78, 5) is 8.31. The summed E-state index contributed by atoms with van der Waals surface area (Å²) in [6.07, 6.45) is 8.01. The van der Waals surface area contributed by atoms with Gasteiger partial charge in [-0.05, 0) is 56.2 Å². The minimum Gasteiger partial charge on any atom is -0.381 e. The van der Waals surface area contributed by atoms with Crippen molar-refractivity contribution >= 4 is 27.7 Å². The first kappa shape index (κ1) is 19.5. The molecule has 1 aliphatic carbocycles. The summed E-state index contributed by atoms with van der Waals surface area (Å²) in [6.45, 7) is 1.89. The topological polar surface area (TPSA) is 142 Å². The van der Waals surface area contributed by atoms with Gasteiger partial charge in [-0.2, -0.15) is 17.9 Å². The Bertz CT molecular complexity index is 1180. The van der Waals surface area contributed by atoms with Crippen LogP contribution in [0.3, 0.4) is 0 Å². The van der Waals surface area contributed by atoms with E-state index in [0.29, 0.717) is 16.9 Å². The van der Waals surface area contributed by atoms with Gasteiger partial charge < -0.3 is 11.5 Å². The molecule has 0 saturated heterocycles. The maximum absolute atomic E-state index is 12.8. The molecule has 1 aliphatic rings. The molecule has 9 nitrogen and oxygen atoms in total. The molecule has 2 heterocycles. The predicted molar refractivity (Wildman–Crippen MR) is 111 cm³/mol. The van der Waals surface area contributed by atoms with Gasteiger partial charge in [0.2, 0.25) is 0 Å². The quantitative estimate of drug-likeness (QED) is 0.623. The Kier molecular flexibility index (Phi) is 5.05. The Morgan fingerprint density at radius 1 is 1.21 bits per heavy atom. The highest BCUT2D eigenvalue weighted by atomic mass is 32.2. The maximum atomic E-state index is 12.8. The summed E-state index contributed by atoms with van der Waals surface area (Å²) in [5.74, 6) is 0.400. The molecule has 0 aliphatic heterocycles. The normalized spacial score (nSPS) is 20.5. The zero-order valence-electron chi connectivity index (χ0n) is 16.1. The van der Waals surface area contributed by atoms with E-state index in [1.54, 1.807) is 35.1 Å². The number of benzene rings is 1. The van der Waals surface area contributed by atoms with Crippen LogP contribution in [0.1, 0.15) is 31.2 Å². The molecule has 152 valence electrons. The van der Waals surface area contributed by atoms with Gasteiger partial charge in [-0.3, -0.25) is 0 Å². The van der Waals surface area contributed by atoms with E-state index in [1.165, 1.54) is 6.33 Å². The van der Waals surface area contributed by atoms with E-state index < -0.39 is 10.0 Å². The molecule has 29 heavy (non-hydrogen) atoms. The van der Waals surface area contributed by atoms with E-state index in [0.717, 1.165) is 31.2 Å². The number of aryl methyl sites for hydroxylation is 1. The van der Waals surface area contributed by atoms with Crippen molar-refractivity contribution in [1.82, 2.24) is 19.6 Å². The van der Waals surface area contributed by atoms with Gasteiger partial charge in [0.05, 0.1) is 16.8 Å². The average Bonchev–Trinajstić information content (AvgIpc) is 3.13. The van der Waals surface area contributed by atoms with Crippen LogP contribution >= 0.6 is 0 Å². The first-order valence-electron chi connectivity index (χ1n) is 9.46. The summed E-state index contributed by atoms with van der Waals surface area (Å²) >= 11 is 0. The molecule has 1 fully saturated rings. The molecule has 2 aromatic heterocycles. The Balaban J connectivity index is 1.68. The van der Waals surface area contributed by atoms with Crippen molar-refractivity contribution in [2.75, 3.05) is 5.73 Å². The van der Waals surface area contributed by atoms with Gasteiger partial charge in [-0.1, -0.05) is 6.07 Å². The second kappa shape index (κ2) is 7.53. The van der Waals surface area contributed by atoms with Gasteiger partial charge in [0.15, 0.2) is 11.5 Å². The second-order valence-corrected chi connectivity index (χ2v) is 9.04. The molecule has 10 heteroatoms. The molecule has 1 aromatic carbocycles. The lowest BCUT2D eigenvalue weighted by atomic mass is 9.87. The number of anilines is 1. The number of nitrogens with zero attached hydrogens (tertiary/aromatic N) is 5. The van der Waals surface area contributed by atoms with Crippen LogP contribution in [0.2, 0.25) is 0 Å². The Hall–Kier alpha value is -2.85. The van der Waals surface area contributed by atoms with Crippen molar-refractivity contribution in [2.45, 2.75) is 43.5 Å². The number of nitrogen functional groups attached to an aromatic ring is 1. The number of aromatic nitrogens is 4. The fourth-order valence-electron chi connectivity index (χ4n) is 3.58. The number of imidazole rings is 1. The van der Waals surface area contributed by atoms with Crippen molar-refractivity contribution in [3.05, 3.63) is 36.3 Å². The Morgan fingerprint density at radius 2 is 1.97 bits per heavy atom. The van der Waals surface area contributed by atoms with Gasteiger partial charge in [0.25, 0.3) is 10.0 Å². The molecule has 0 unspecified atom stereocenters. The van der Waals surface area contributed by atoms with Gasteiger partial charge in [-0.25, -0.2) is 14.5 Å². The van der Waals surface area contributed by atoms with E-state index in [-0.39, 0.29) is 22.7 Å². The van der Waals surface area contributed by atoms with Crippen LogP contribution in [0.15, 0.2) is 40.0 Å². The van der Waals surface area contributed by atoms with Crippen LogP contribution in [-0.4, -0.2) is 40.3 Å². The first-order chi connectivity index (χ1) is 13.8. The van der Waals surface area contributed by atoms with Crippen LogP contribution < -0.4 is 11.5 Å². The van der Waals surface area contributed by atoms with Crippen LogP contribution in [-0.2, 0) is 10.0 Å². The zero-order chi connectivity index (χ0) is 20.6. The number of rotatable bonds is 4. The molecule has 0 bridgehead atoms. The maximum Gasteiger partial charge on any atom is 0.281 e. The molecular weight excluding hydrogens is 390 g/mol. The van der Waals surface area contributed by atoms with Crippen molar-refractivity contribution in [3.8, 4) is 11.3 Å². The lowest BCUT2D eigenvalue weighted by molar-refractivity contribution is 0.396. The fraction of sp³-hybridized carbons (Fsp3) is 0.368. The van der Waals surface area contributed by atoms with Crippen LogP contribution in [0.25, 0.3) is 16.9 Å². The molecule has 4 N–H and O–H groups in total. The van der Waals surface area contributed by atoms with Gasteiger partial charge in [-0.15, -0.1) is 0 Å². The summed E-state index contributed by atoms with van der Waals surface area (Å²) in [6, 6.07) is 5.12. The minimum absolute atomic E-state index is 0.124. The van der Waals surface area contributed by atoms with Crippen molar-refractivity contribution in [2.24, 2.45) is 16.0 Å². The Labute approximate surface area is 168 Å². The van der Waals surface area contributed by atoms with E-state index in [4.69, 9.17) is 11.5 Å². The molecule has 1 saturated carbocycles. The minimum atomic E-state index is -3.81. The zero-order valence-corrected chi connectivity index (χ0v) is 16.9. The third-order valence-corrected chi connectivity index (χ3v) is 6.59. The standard InChI is InChI=1S/C19H23N7O2S/c1-12-2-7-15(29(27,28)25-9-13-3-5-14(20)6-4-13)8-16(12)17-10-22-19-18(21)23-11-24-26(17)19/h2,7-11,13-14H,3-6,20H2,1H3,(H2,21,23,24). The number of sulfonamides is 1. The lowest BCUT2D eigenvalue weighted by Crippen LogP contribution is -2.27. The smallest absolute Gasteiger partial charge is 0.281 e. The number of fused-ring (bicyclic) bond motifs is 1. The van der Waals surface area contributed by atoms with Crippen LogP contribution in [0.5, 0.6) is 0 Å². The largest absolute Gasteiger partial charge is 0.381 e. The first-order valence-corrected chi connectivity index (χ1v) is 10.9. The lowest BCUT2D eigenvalue weighted by Gasteiger charge is -2.22. The molecule has 4 rings (SSSR count). The SMILES string of the molecule is Cc1ccc(S(=O)(=O)N=CC2CCC(N)CC2)cc1-c1cnc2c(N)ncnn12. The Morgan fingerprint density at radius 3 is 2.72 bits per heavy atom. The van der Waals surface area contributed by atoms with Gasteiger partial charge in [0, 0.05) is 17.8 Å². The van der Waals surface area contributed by atoms with Crippen molar-refractivity contribution in [3.63, 3.8) is 0 Å². The van der Waals surface area contributed by atoms with E-state index >= 15 is 0 Å². The summed E-state index contributed by atoms with van der Waals surface area (Å²) in [5, 5.41) is 4.19. The second-order valence-electron chi connectivity index (χ2n) is 7.41. The third kappa shape index (κ3) is 3.85. The molecular formula is C19H23N7O2S. The van der Waals surface area contributed by atoms with Crippen LogP contribution in [0.4, 0.5) is 5.82 Å². The molecule has 0 spiro atoms. The van der Waals surface area contributed by atoms with E-state index in [2.05, 4.69) is 19.5 Å². The third-order valence-electron chi connectivity index (χ3n) is 5.34. The van der Waals surface area contributed by atoms with Crippen molar-refractivity contribution < 1.29 is 8.42 Å². The summed E-state index contributed by atoms with van der Waals surface area (Å²) in [5.41, 5.74) is 14.4. The number of nitrogens with two attached hydrogens (primary N) is 2. The number of hydrogen-bond acceptors (Lipinski definition) is 7. The predicted octanol–water partition coefficient (Wildman–Crippen LogP) is 1.96. The van der Waals surface area contributed by atoms with E-state index in [1.807, 2.05) is 6.92 Å². The summed E-state index contributed by atoms with van der Waals surface area (Å²) < 4.78 is 31.1. The molecule has 0 atom stereocenters. The molecule has 3 aromatic rings.